The predicted molar refractivity (Wildman–Crippen MR) is 95.2 cm³/mol. The zero-order valence-corrected chi connectivity index (χ0v) is 15.5. The van der Waals surface area contributed by atoms with E-state index in [1.54, 1.807) is 4.90 Å². The second-order valence-electron chi connectivity index (χ2n) is 6.83. The van der Waals surface area contributed by atoms with E-state index >= 15 is 0 Å². The van der Waals surface area contributed by atoms with Gasteiger partial charge in [0.15, 0.2) is 11.6 Å². The molecule has 152 valence electrons. The zero-order valence-electron chi connectivity index (χ0n) is 15.5. The van der Waals surface area contributed by atoms with Gasteiger partial charge >= 0.3 is 11.8 Å². The number of hydrogen-bond acceptors (Lipinski definition) is 4. The Hall–Kier alpha value is -2.55. The van der Waals surface area contributed by atoms with Crippen LogP contribution < -0.4 is 0 Å². The van der Waals surface area contributed by atoms with Gasteiger partial charge in [-0.25, -0.2) is 8.78 Å². The monoisotopic (exact) mass is 395 g/mol. The van der Waals surface area contributed by atoms with Gasteiger partial charge in [-0.05, 0) is 24.1 Å². The van der Waals surface area contributed by atoms with Crippen LogP contribution in [0.4, 0.5) is 8.78 Å². The van der Waals surface area contributed by atoms with Crippen molar-refractivity contribution in [3.05, 3.63) is 35.4 Å². The van der Waals surface area contributed by atoms with Gasteiger partial charge in [-0.1, -0.05) is 6.07 Å². The van der Waals surface area contributed by atoms with Crippen molar-refractivity contribution in [3.63, 3.8) is 0 Å². The molecular formula is C19H23F2N3O4. The molecule has 0 N–H and O–H groups in total. The first-order chi connectivity index (χ1) is 13.5. The number of halogens is 2. The number of amides is 3. The maximum Gasteiger partial charge on any atom is 0.312 e. The lowest BCUT2D eigenvalue weighted by Gasteiger charge is -2.36. The summed E-state index contributed by atoms with van der Waals surface area (Å²) in [6, 6.07) is 3.60. The maximum atomic E-state index is 13.2. The minimum Gasteiger partial charge on any atom is -0.378 e. The summed E-state index contributed by atoms with van der Waals surface area (Å²) in [4.78, 5) is 41.6. The van der Waals surface area contributed by atoms with E-state index in [9.17, 15) is 23.2 Å². The summed E-state index contributed by atoms with van der Waals surface area (Å²) >= 11 is 0. The first-order valence-electron chi connectivity index (χ1n) is 9.33. The third-order valence-corrected chi connectivity index (χ3v) is 5.01. The standard InChI is InChI=1S/C19H23F2N3O4/c20-15-3-1-14(13-16(15)21)2-4-17(25)22-5-7-23(8-6-22)18(26)19(27)24-9-11-28-12-10-24/h1,3,13H,2,4-12H2. The summed E-state index contributed by atoms with van der Waals surface area (Å²) in [6.07, 6.45) is 0.483. The molecule has 0 bridgehead atoms. The van der Waals surface area contributed by atoms with Gasteiger partial charge in [0.1, 0.15) is 0 Å². The summed E-state index contributed by atoms with van der Waals surface area (Å²) in [5, 5.41) is 0. The summed E-state index contributed by atoms with van der Waals surface area (Å²) in [5.74, 6) is -3.03. The molecule has 1 aromatic rings. The fourth-order valence-corrected chi connectivity index (χ4v) is 3.30. The van der Waals surface area contributed by atoms with Crippen molar-refractivity contribution in [2.45, 2.75) is 12.8 Å². The molecule has 9 heteroatoms. The Balaban J connectivity index is 1.45. The molecule has 28 heavy (non-hydrogen) atoms. The topological polar surface area (TPSA) is 70.2 Å². The Morgan fingerprint density at radius 1 is 0.821 bits per heavy atom. The van der Waals surface area contributed by atoms with Crippen molar-refractivity contribution in [3.8, 4) is 0 Å². The summed E-state index contributed by atoms with van der Waals surface area (Å²) in [6.45, 7) is 2.97. The highest BCUT2D eigenvalue weighted by Crippen LogP contribution is 2.12. The van der Waals surface area contributed by atoms with Crippen LogP contribution in [0.15, 0.2) is 18.2 Å². The third-order valence-electron chi connectivity index (χ3n) is 5.01. The summed E-state index contributed by atoms with van der Waals surface area (Å²) in [5.41, 5.74) is 0.553. The lowest BCUT2D eigenvalue weighted by molar-refractivity contribution is -0.155. The smallest absolute Gasteiger partial charge is 0.312 e. The van der Waals surface area contributed by atoms with Crippen molar-refractivity contribution in [2.24, 2.45) is 0 Å². The van der Waals surface area contributed by atoms with Gasteiger partial charge in [-0.3, -0.25) is 14.4 Å². The largest absolute Gasteiger partial charge is 0.378 e. The molecule has 0 radical (unpaired) electrons. The van der Waals surface area contributed by atoms with Gasteiger partial charge in [0.2, 0.25) is 5.91 Å². The van der Waals surface area contributed by atoms with Gasteiger partial charge in [-0.15, -0.1) is 0 Å². The minimum absolute atomic E-state index is 0.115. The summed E-state index contributed by atoms with van der Waals surface area (Å²) < 4.78 is 31.4. The molecular weight excluding hydrogens is 372 g/mol. The molecule has 0 spiro atoms. The van der Waals surface area contributed by atoms with E-state index in [2.05, 4.69) is 0 Å². The number of morpholine rings is 1. The lowest BCUT2D eigenvalue weighted by atomic mass is 10.1. The number of carbonyl (C=O) groups excluding carboxylic acids is 3. The van der Waals surface area contributed by atoms with Crippen LogP contribution in [0.25, 0.3) is 0 Å². The number of benzene rings is 1. The number of piperazine rings is 1. The zero-order chi connectivity index (χ0) is 20.1. The number of carbonyl (C=O) groups is 3. The molecule has 0 aliphatic carbocycles. The highest BCUT2D eigenvalue weighted by molar-refractivity contribution is 6.34. The van der Waals surface area contributed by atoms with E-state index in [-0.39, 0.29) is 12.3 Å². The molecule has 3 rings (SSSR count). The SMILES string of the molecule is O=C(CCc1ccc(F)c(F)c1)N1CCN(C(=O)C(=O)N2CCOCC2)CC1. The molecule has 2 aliphatic rings. The molecule has 2 saturated heterocycles. The molecule has 2 heterocycles. The van der Waals surface area contributed by atoms with Crippen LogP contribution in [0.5, 0.6) is 0 Å². The number of ether oxygens (including phenoxy) is 1. The van der Waals surface area contributed by atoms with Crippen LogP contribution in [0.1, 0.15) is 12.0 Å². The molecule has 0 atom stereocenters. The molecule has 0 unspecified atom stereocenters. The number of rotatable bonds is 3. The Morgan fingerprint density at radius 3 is 2.00 bits per heavy atom. The van der Waals surface area contributed by atoms with Crippen molar-refractivity contribution >= 4 is 17.7 Å². The molecule has 7 nitrogen and oxygen atoms in total. The van der Waals surface area contributed by atoms with Crippen LogP contribution in [0.2, 0.25) is 0 Å². The maximum absolute atomic E-state index is 13.2. The van der Waals surface area contributed by atoms with Crippen molar-refractivity contribution in [1.82, 2.24) is 14.7 Å². The Labute approximate surface area is 161 Å². The van der Waals surface area contributed by atoms with E-state index in [1.165, 1.54) is 15.9 Å². The third kappa shape index (κ3) is 4.83. The Kier molecular flexibility index (Phi) is 6.56. The Morgan fingerprint density at radius 2 is 1.39 bits per heavy atom. The van der Waals surface area contributed by atoms with Crippen LogP contribution in [-0.2, 0) is 25.5 Å². The molecule has 2 aliphatic heterocycles. The molecule has 2 fully saturated rings. The van der Waals surface area contributed by atoms with E-state index in [1.807, 2.05) is 0 Å². The van der Waals surface area contributed by atoms with Crippen molar-refractivity contribution in [1.29, 1.82) is 0 Å². The number of aryl methyl sites for hydroxylation is 1. The van der Waals surface area contributed by atoms with Gasteiger partial charge in [0, 0.05) is 45.7 Å². The van der Waals surface area contributed by atoms with Crippen LogP contribution in [0, 0.1) is 11.6 Å². The minimum atomic E-state index is -0.929. The highest BCUT2D eigenvalue weighted by atomic mass is 19.2. The van der Waals surface area contributed by atoms with Crippen LogP contribution in [-0.4, -0.2) is 84.9 Å². The van der Waals surface area contributed by atoms with Gasteiger partial charge in [0.05, 0.1) is 13.2 Å². The summed E-state index contributed by atoms with van der Waals surface area (Å²) in [7, 11) is 0. The number of hydrogen-bond donors (Lipinski definition) is 0. The normalized spacial score (nSPS) is 17.6. The van der Waals surface area contributed by atoms with E-state index in [4.69, 9.17) is 4.74 Å². The molecule has 0 aromatic heterocycles. The first kappa shape index (κ1) is 20.2. The van der Waals surface area contributed by atoms with Gasteiger partial charge in [0.25, 0.3) is 0 Å². The van der Waals surface area contributed by atoms with E-state index in [0.29, 0.717) is 64.5 Å². The Bertz CT molecular complexity index is 745. The predicted octanol–water partition coefficient (Wildman–Crippen LogP) is 0.427. The van der Waals surface area contributed by atoms with Gasteiger partial charge in [-0.2, -0.15) is 0 Å². The van der Waals surface area contributed by atoms with Crippen LogP contribution >= 0.6 is 0 Å². The second-order valence-corrected chi connectivity index (χ2v) is 6.83. The molecule has 0 saturated carbocycles. The lowest BCUT2D eigenvalue weighted by Crippen LogP contribution is -2.55. The van der Waals surface area contributed by atoms with Crippen molar-refractivity contribution in [2.75, 3.05) is 52.5 Å². The van der Waals surface area contributed by atoms with Crippen molar-refractivity contribution < 1.29 is 27.9 Å². The van der Waals surface area contributed by atoms with Gasteiger partial charge < -0.3 is 19.4 Å². The second kappa shape index (κ2) is 9.09. The fraction of sp³-hybridized carbons (Fsp3) is 0.526. The average Bonchev–Trinajstić information content (AvgIpc) is 2.74. The fourth-order valence-electron chi connectivity index (χ4n) is 3.30. The quantitative estimate of drug-likeness (QED) is 0.696. The first-order valence-corrected chi connectivity index (χ1v) is 9.33. The van der Waals surface area contributed by atoms with E-state index in [0.717, 1.165) is 12.1 Å². The average molecular weight is 395 g/mol. The number of nitrogens with zero attached hydrogens (tertiary/aromatic N) is 3. The molecule has 1 aromatic carbocycles. The van der Waals surface area contributed by atoms with Crippen LogP contribution in [0.3, 0.4) is 0 Å². The highest BCUT2D eigenvalue weighted by Gasteiger charge is 2.31. The molecule has 3 amide bonds. The van der Waals surface area contributed by atoms with E-state index < -0.39 is 23.4 Å².